The van der Waals surface area contributed by atoms with Crippen LogP contribution in [-0.2, 0) is 11.3 Å². The first-order valence-corrected chi connectivity index (χ1v) is 6.97. The van der Waals surface area contributed by atoms with Crippen LogP contribution < -0.4 is 5.32 Å². The number of rotatable bonds is 7. The molecule has 0 aromatic heterocycles. The molecule has 1 fully saturated rings. The first-order chi connectivity index (χ1) is 9.66. The number of amides is 1. The van der Waals surface area contributed by atoms with E-state index in [1.54, 1.807) is 12.1 Å². The second kappa shape index (κ2) is 7.05. The van der Waals surface area contributed by atoms with E-state index >= 15 is 0 Å². The van der Waals surface area contributed by atoms with Crippen LogP contribution in [0, 0.1) is 0 Å². The third-order valence-electron chi connectivity index (χ3n) is 3.48. The number of hydrogen-bond donors (Lipinski definition) is 2. The van der Waals surface area contributed by atoms with Gasteiger partial charge in [0.15, 0.2) is 0 Å². The number of carboxylic acids is 1. The minimum atomic E-state index is -0.903. The van der Waals surface area contributed by atoms with Gasteiger partial charge in [-0.2, -0.15) is 0 Å². The monoisotopic (exact) mass is 276 g/mol. The summed E-state index contributed by atoms with van der Waals surface area (Å²) in [5.74, 6) is -0.631. The van der Waals surface area contributed by atoms with Crippen molar-refractivity contribution in [2.24, 2.45) is 0 Å². The van der Waals surface area contributed by atoms with Gasteiger partial charge in [0.25, 0.3) is 0 Å². The lowest BCUT2D eigenvalue weighted by molar-refractivity contribution is -0.127. The molecule has 5 heteroatoms. The van der Waals surface area contributed by atoms with E-state index in [1.807, 2.05) is 17.0 Å². The van der Waals surface area contributed by atoms with E-state index in [2.05, 4.69) is 5.32 Å². The van der Waals surface area contributed by atoms with Gasteiger partial charge < -0.3 is 15.3 Å². The van der Waals surface area contributed by atoms with E-state index in [0.717, 1.165) is 38.0 Å². The third kappa shape index (κ3) is 4.06. The van der Waals surface area contributed by atoms with Crippen molar-refractivity contribution in [1.82, 2.24) is 10.2 Å². The van der Waals surface area contributed by atoms with Crippen molar-refractivity contribution in [3.8, 4) is 0 Å². The van der Waals surface area contributed by atoms with Gasteiger partial charge >= 0.3 is 5.97 Å². The van der Waals surface area contributed by atoms with Gasteiger partial charge in [0.1, 0.15) is 0 Å². The van der Waals surface area contributed by atoms with Crippen LogP contribution >= 0.6 is 0 Å². The molecule has 1 aromatic rings. The van der Waals surface area contributed by atoms with Gasteiger partial charge in [-0.15, -0.1) is 0 Å². The van der Waals surface area contributed by atoms with E-state index in [9.17, 15) is 9.59 Å². The number of aromatic carboxylic acids is 1. The van der Waals surface area contributed by atoms with Crippen molar-refractivity contribution in [1.29, 1.82) is 0 Å². The minimum Gasteiger partial charge on any atom is -0.478 e. The predicted molar refractivity (Wildman–Crippen MR) is 75.5 cm³/mol. The lowest BCUT2D eigenvalue weighted by atomic mass is 10.1. The Hall–Kier alpha value is -1.88. The zero-order valence-corrected chi connectivity index (χ0v) is 11.5. The maximum Gasteiger partial charge on any atom is 0.335 e. The van der Waals surface area contributed by atoms with Gasteiger partial charge in [-0.25, -0.2) is 4.79 Å². The van der Waals surface area contributed by atoms with Crippen molar-refractivity contribution in [3.05, 3.63) is 35.4 Å². The summed E-state index contributed by atoms with van der Waals surface area (Å²) in [6.45, 7) is 3.29. The van der Waals surface area contributed by atoms with E-state index < -0.39 is 5.97 Å². The predicted octanol–water partition coefficient (Wildman–Crippen LogP) is 1.49. The number of carboxylic acid groups (broad SMARTS) is 1. The topological polar surface area (TPSA) is 69.6 Å². The highest BCUT2D eigenvalue weighted by molar-refractivity contribution is 5.87. The number of likely N-dealkylation sites (tertiary alicyclic amines) is 1. The molecule has 1 amide bonds. The molecule has 0 unspecified atom stereocenters. The van der Waals surface area contributed by atoms with E-state index in [4.69, 9.17) is 5.11 Å². The minimum absolute atomic E-state index is 0.272. The zero-order chi connectivity index (χ0) is 14.4. The van der Waals surface area contributed by atoms with E-state index in [1.165, 1.54) is 0 Å². The molecular weight excluding hydrogens is 256 g/mol. The summed E-state index contributed by atoms with van der Waals surface area (Å²) in [6, 6.07) is 6.87. The fraction of sp³-hybridized carbons (Fsp3) is 0.467. The number of benzene rings is 1. The summed E-state index contributed by atoms with van der Waals surface area (Å²) < 4.78 is 0. The van der Waals surface area contributed by atoms with Crippen LogP contribution in [0.3, 0.4) is 0 Å². The van der Waals surface area contributed by atoms with Gasteiger partial charge in [-0.3, -0.25) is 4.79 Å². The molecule has 1 aliphatic heterocycles. The van der Waals surface area contributed by atoms with Crippen LogP contribution in [0.4, 0.5) is 0 Å². The number of nitrogens with zero attached hydrogens (tertiary/aromatic N) is 1. The number of carbonyl (C=O) groups excluding carboxylic acids is 1. The molecule has 20 heavy (non-hydrogen) atoms. The standard InChI is InChI=1S/C15H20N2O3/c18-14-3-1-9-17(14)10-2-8-16-11-12-4-6-13(7-5-12)15(19)20/h4-7,16H,1-3,8-11H2,(H,19,20). The Bertz CT molecular complexity index is 471. The summed E-state index contributed by atoms with van der Waals surface area (Å²) in [5, 5.41) is 12.1. The second-order valence-electron chi connectivity index (χ2n) is 5.02. The smallest absolute Gasteiger partial charge is 0.335 e. The lowest BCUT2D eigenvalue weighted by Crippen LogP contribution is -2.28. The average molecular weight is 276 g/mol. The molecule has 1 aromatic carbocycles. The van der Waals surface area contributed by atoms with Crippen LogP contribution in [0.15, 0.2) is 24.3 Å². The molecule has 0 saturated carbocycles. The van der Waals surface area contributed by atoms with Gasteiger partial charge in [-0.05, 0) is 37.1 Å². The van der Waals surface area contributed by atoms with Crippen LogP contribution in [0.1, 0.15) is 35.2 Å². The van der Waals surface area contributed by atoms with Crippen LogP contribution in [-0.4, -0.2) is 41.5 Å². The molecule has 0 bridgehead atoms. The Kier molecular flexibility index (Phi) is 5.12. The number of nitrogens with one attached hydrogen (secondary N) is 1. The normalized spacial score (nSPS) is 14.8. The van der Waals surface area contributed by atoms with Crippen molar-refractivity contribution in [2.45, 2.75) is 25.8 Å². The molecule has 1 aliphatic rings. The molecule has 5 nitrogen and oxygen atoms in total. The van der Waals surface area contributed by atoms with Crippen molar-refractivity contribution in [2.75, 3.05) is 19.6 Å². The van der Waals surface area contributed by atoms with E-state index in [0.29, 0.717) is 18.5 Å². The first-order valence-electron chi connectivity index (χ1n) is 6.97. The maximum atomic E-state index is 11.4. The zero-order valence-electron chi connectivity index (χ0n) is 11.5. The molecule has 2 N–H and O–H groups in total. The third-order valence-corrected chi connectivity index (χ3v) is 3.48. The largest absolute Gasteiger partial charge is 0.478 e. The molecule has 0 atom stereocenters. The van der Waals surface area contributed by atoms with Gasteiger partial charge in [0.05, 0.1) is 5.56 Å². The van der Waals surface area contributed by atoms with Crippen LogP contribution in [0.2, 0.25) is 0 Å². The second-order valence-corrected chi connectivity index (χ2v) is 5.02. The fourth-order valence-electron chi connectivity index (χ4n) is 2.33. The molecule has 1 heterocycles. The Balaban J connectivity index is 1.63. The fourth-order valence-corrected chi connectivity index (χ4v) is 2.33. The number of carbonyl (C=O) groups is 2. The highest BCUT2D eigenvalue weighted by atomic mass is 16.4. The summed E-state index contributed by atoms with van der Waals surface area (Å²) in [6.07, 6.45) is 2.63. The van der Waals surface area contributed by atoms with E-state index in [-0.39, 0.29) is 5.91 Å². The molecule has 1 saturated heterocycles. The molecule has 0 spiro atoms. The first kappa shape index (κ1) is 14.5. The van der Waals surface area contributed by atoms with Crippen molar-refractivity contribution >= 4 is 11.9 Å². The number of hydrogen-bond acceptors (Lipinski definition) is 3. The molecular formula is C15H20N2O3. The molecule has 108 valence electrons. The quantitative estimate of drug-likeness (QED) is 0.740. The maximum absolute atomic E-state index is 11.4. The Morgan fingerprint density at radius 3 is 2.65 bits per heavy atom. The van der Waals surface area contributed by atoms with Crippen molar-refractivity contribution < 1.29 is 14.7 Å². The van der Waals surface area contributed by atoms with Crippen molar-refractivity contribution in [3.63, 3.8) is 0 Å². The molecule has 0 radical (unpaired) electrons. The summed E-state index contributed by atoms with van der Waals surface area (Å²) in [7, 11) is 0. The SMILES string of the molecule is O=C(O)c1ccc(CNCCCN2CCCC2=O)cc1. The Labute approximate surface area is 118 Å². The molecule has 0 aliphatic carbocycles. The molecule has 2 rings (SSSR count). The van der Waals surface area contributed by atoms with Crippen LogP contribution in [0.5, 0.6) is 0 Å². The summed E-state index contributed by atoms with van der Waals surface area (Å²) >= 11 is 0. The summed E-state index contributed by atoms with van der Waals surface area (Å²) in [5.41, 5.74) is 1.37. The van der Waals surface area contributed by atoms with Crippen LogP contribution in [0.25, 0.3) is 0 Å². The summed E-state index contributed by atoms with van der Waals surface area (Å²) in [4.78, 5) is 24.0. The van der Waals surface area contributed by atoms with Gasteiger partial charge in [0.2, 0.25) is 5.91 Å². The average Bonchev–Trinajstić information content (AvgIpc) is 2.84. The van der Waals surface area contributed by atoms with Gasteiger partial charge in [-0.1, -0.05) is 12.1 Å². The Morgan fingerprint density at radius 1 is 1.30 bits per heavy atom. The highest BCUT2D eigenvalue weighted by Crippen LogP contribution is 2.09. The Morgan fingerprint density at radius 2 is 2.05 bits per heavy atom. The lowest BCUT2D eigenvalue weighted by Gasteiger charge is -2.15. The highest BCUT2D eigenvalue weighted by Gasteiger charge is 2.18. The van der Waals surface area contributed by atoms with Gasteiger partial charge in [0, 0.05) is 26.1 Å².